The Morgan fingerprint density at radius 2 is 2.33 bits per heavy atom. The van der Waals surface area contributed by atoms with Gasteiger partial charge < -0.3 is 10.4 Å². The number of aliphatic hydroxyl groups excluding tert-OH is 1. The van der Waals surface area contributed by atoms with Gasteiger partial charge >= 0.3 is 0 Å². The highest BCUT2D eigenvalue weighted by Crippen LogP contribution is 2.10. The molecule has 0 bridgehead atoms. The lowest BCUT2D eigenvalue weighted by Gasteiger charge is -2.04. The zero-order valence-electron chi connectivity index (χ0n) is 8.65. The van der Waals surface area contributed by atoms with Gasteiger partial charge in [0.25, 0.3) is 5.91 Å². The Balaban J connectivity index is 2.83. The molecule has 0 saturated heterocycles. The minimum absolute atomic E-state index is 0.0782. The SMILES string of the molecule is CSc1nc(C)cc(C(=O)NCCO)n1. The molecule has 0 fully saturated rings. The molecule has 0 aliphatic heterocycles. The van der Waals surface area contributed by atoms with E-state index in [1.165, 1.54) is 11.8 Å². The molecule has 0 unspecified atom stereocenters. The minimum atomic E-state index is -0.287. The maximum atomic E-state index is 11.5. The van der Waals surface area contributed by atoms with Crippen LogP contribution in [0.1, 0.15) is 16.2 Å². The summed E-state index contributed by atoms with van der Waals surface area (Å²) in [5, 5.41) is 11.7. The lowest BCUT2D eigenvalue weighted by Crippen LogP contribution is -2.27. The van der Waals surface area contributed by atoms with E-state index < -0.39 is 0 Å². The summed E-state index contributed by atoms with van der Waals surface area (Å²) in [6, 6.07) is 1.62. The summed E-state index contributed by atoms with van der Waals surface area (Å²) >= 11 is 1.39. The first-order chi connectivity index (χ1) is 7.17. The number of nitrogens with zero attached hydrogens (tertiary/aromatic N) is 2. The van der Waals surface area contributed by atoms with E-state index in [1.807, 2.05) is 13.2 Å². The molecule has 82 valence electrons. The number of nitrogens with one attached hydrogen (secondary N) is 1. The van der Waals surface area contributed by atoms with Crippen molar-refractivity contribution in [2.45, 2.75) is 12.1 Å². The standard InChI is InChI=1S/C9H13N3O2S/c1-6-5-7(8(14)10-3-4-13)12-9(11-6)15-2/h5,13H,3-4H2,1-2H3,(H,10,14). The Hall–Kier alpha value is -1.14. The largest absolute Gasteiger partial charge is 0.395 e. The van der Waals surface area contributed by atoms with E-state index in [0.717, 1.165) is 5.69 Å². The summed E-state index contributed by atoms with van der Waals surface area (Å²) in [5.41, 5.74) is 1.09. The molecule has 2 N–H and O–H groups in total. The topological polar surface area (TPSA) is 75.1 Å². The third-order valence-electron chi connectivity index (χ3n) is 1.65. The number of carbonyl (C=O) groups excluding carboxylic acids is 1. The predicted octanol–water partition coefficient (Wildman–Crippen LogP) is 0.229. The molecule has 1 aromatic heterocycles. The number of rotatable bonds is 4. The number of hydrogen-bond donors (Lipinski definition) is 2. The van der Waals surface area contributed by atoms with Crippen molar-refractivity contribution in [1.29, 1.82) is 0 Å². The molecule has 5 nitrogen and oxygen atoms in total. The van der Waals surface area contributed by atoms with Gasteiger partial charge in [-0.1, -0.05) is 11.8 Å². The van der Waals surface area contributed by atoms with Crippen molar-refractivity contribution in [2.75, 3.05) is 19.4 Å². The van der Waals surface area contributed by atoms with Crippen LogP contribution in [0.5, 0.6) is 0 Å². The summed E-state index contributed by atoms with van der Waals surface area (Å²) in [4.78, 5) is 19.7. The highest BCUT2D eigenvalue weighted by Gasteiger charge is 2.09. The zero-order chi connectivity index (χ0) is 11.3. The van der Waals surface area contributed by atoms with Crippen LogP contribution in [0.25, 0.3) is 0 Å². The Bertz CT molecular complexity index is 357. The molecule has 1 aromatic rings. The van der Waals surface area contributed by atoms with Gasteiger partial charge in [-0.2, -0.15) is 0 Å². The fourth-order valence-corrected chi connectivity index (χ4v) is 1.43. The predicted molar refractivity (Wildman–Crippen MR) is 58.0 cm³/mol. The van der Waals surface area contributed by atoms with Crippen LogP contribution in [0.15, 0.2) is 11.2 Å². The molecular weight excluding hydrogens is 214 g/mol. The molecular formula is C9H13N3O2S. The summed E-state index contributed by atoms with van der Waals surface area (Å²) in [7, 11) is 0. The fourth-order valence-electron chi connectivity index (χ4n) is 1.01. The van der Waals surface area contributed by atoms with Crippen molar-refractivity contribution in [1.82, 2.24) is 15.3 Å². The minimum Gasteiger partial charge on any atom is -0.395 e. The normalized spacial score (nSPS) is 10.1. The van der Waals surface area contributed by atoms with E-state index in [0.29, 0.717) is 10.9 Å². The van der Waals surface area contributed by atoms with Crippen LogP contribution in [0, 0.1) is 6.92 Å². The smallest absolute Gasteiger partial charge is 0.270 e. The van der Waals surface area contributed by atoms with Gasteiger partial charge in [0.15, 0.2) is 5.16 Å². The van der Waals surface area contributed by atoms with Crippen LogP contribution in [0.4, 0.5) is 0 Å². The van der Waals surface area contributed by atoms with Gasteiger partial charge in [0, 0.05) is 12.2 Å². The third-order valence-corrected chi connectivity index (χ3v) is 2.19. The van der Waals surface area contributed by atoms with Crippen LogP contribution >= 0.6 is 11.8 Å². The van der Waals surface area contributed by atoms with Crippen LogP contribution in [0.3, 0.4) is 0 Å². The van der Waals surface area contributed by atoms with E-state index in [4.69, 9.17) is 5.11 Å². The molecule has 0 aliphatic carbocycles. The average Bonchev–Trinajstić information content (AvgIpc) is 2.24. The number of thioether (sulfide) groups is 1. The zero-order valence-corrected chi connectivity index (χ0v) is 9.47. The van der Waals surface area contributed by atoms with E-state index in [1.54, 1.807) is 6.07 Å². The number of aliphatic hydroxyl groups is 1. The van der Waals surface area contributed by atoms with Gasteiger partial charge in [0.2, 0.25) is 0 Å². The summed E-state index contributed by atoms with van der Waals surface area (Å²) in [6.07, 6.45) is 1.85. The molecule has 0 aromatic carbocycles. The molecule has 0 aliphatic rings. The van der Waals surface area contributed by atoms with E-state index in [-0.39, 0.29) is 19.1 Å². The second-order valence-electron chi connectivity index (χ2n) is 2.86. The first kappa shape index (κ1) is 11.9. The number of aromatic nitrogens is 2. The Morgan fingerprint density at radius 3 is 2.93 bits per heavy atom. The van der Waals surface area contributed by atoms with E-state index in [9.17, 15) is 4.79 Å². The van der Waals surface area contributed by atoms with E-state index in [2.05, 4.69) is 15.3 Å². The van der Waals surface area contributed by atoms with Crippen molar-refractivity contribution >= 4 is 17.7 Å². The first-order valence-corrected chi connectivity index (χ1v) is 5.68. The first-order valence-electron chi connectivity index (χ1n) is 4.46. The van der Waals surface area contributed by atoms with Crippen LogP contribution in [-0.2, 0) is 0 Å². The Kier molecular flexibility index (Phi) is 4.51. The number of hydrogen-bond acceptors (Lipinski definition) is 5. The third kappa shape index (κ3) is 3.49. The van der Waals surface area contributed by atoms with Gasteiger partial charge in [0.05, 0.1) is 6.61 Å². The molecule has 0 spiro atoms. The quantitative estimate of drug-likeness (QED) is 0.569. The molecule has 0 radical (unpaired) electrons. The van der Waals surface area contributed by atoms with Crippen molar-refractivity contribution in [2.24, 2.45) is 0 Å². The fraction of sp³-hybridized carbons (Fsp3) is 0.444. The monoisotopic (exact) mass is 227 g/mol. The van der Waals surface area contributed by atoms with Crippen molar-refractivity contribution in [3.8, 4) is 0 Å². The van der Waals surface area contributed by atoms with Crippen LogP contribution in [-0.4, -0.2) is 40.4 Å². The number of amides is 1. The summed E-state index contributed by atoms with van der Waals surface area (Å²) in [6.45, 7) is 1.96. The van der Waals surface area contributed by atoms with Gasteiger partial charge in [0.1, 0.15) is 5.69 Å². The van der Waals surface area contributed by atoms with Gasteiger partial charge in [-0.3, -0.25) is 4.79 Å². The van der Waals surface area contributed by atoms with Gasteiger partial charge in [-0.25, -0.2) is 9.97 Å². The molecule has 0 saturated carbocycles. The summed E-state index contributed by atoms with van der Waals surface area (Å²) < 4.78 is 0. The van der Waals surface area contributed by atoms with E-state index >= 15 is 0 Å². The van der Waals surface area contributed by atoms with Crippen molar-refractivity contribution < 1.29 is 9.90 Å². The lowest BCUT2D eigenvalue weighted by molar-refractivity contribution is 0.0938. The van der Waals surface area contributed by atoms with Crippen LogP contribution < -0.4 is 5.32 Å². The average molecular weight is 227 g/mol. The van der Waals surface area contributed by atoms with Gasteiger partial charge in [-0.15, -0.1) is 0 Å². The molecule has 1 rings (SSSR count). The highest BCUT2D eigenvalue weighted by atomic mass is 32.2. The second kappa shape index (κ2) is 5.67. The summed E-state index contributed by atoms with van der Waals surface area (Å²) in [5.74, 6) is -0.287. The maximum absolute atomic E-state index is 11.5. The molecule has 15 heavy (non-hydrogen) atoms. The van der Waals surface area contributed by atoms with Gasteiger partial charge in [-0.05, 0) is 19.2 Å². The van der Waals surface area contributed by atoms with Crippen molar-refractivity contribution in [3.63, 3.8) is 0 Å². The Morgan fingerprint density at radius 1 is 1.60 bits per heavy atom. The lowest BCUT2D eigenvalue weighted by atomic mass is 10.3. The Labute approximate surface area is 92.3 Å². The maximum Gasteiger partial charge on any atom is 0.270 e. The molecule has 1 heterocycles. The van der Waals surface area contributed by atoms with Crippen LogP contribution in [0.2, 0.25) is 0 Å². The molecule has 0 atom stereocenters. The molecule has 6 heteroatoms. The molecule has 1 amide bonds. The number of aryl methyl sites for hydroxylation is 1. The number of carbonyl (C=O) groups is 1. The highest BCUT2D eigenvalue weighted by molar-refractivity contribution is 7.98. The second-order valence-corrected chi connectivity index (χ2v) is 3.63. The van der Waals surface area contributed by atoms with Crippen molar-refractivity contribution in [3.05, 3.63) is 17.5 Å².